The largest absolute Gasteiger partial charge is 0.416 e. The molecule has 1 aromatic carbocycles. The molecule has 1 aromatic heterocycles. The monoisotopic (exact) mass is 364 g/mol. The summed E-state index contributed by atoms with van der Waals surface area (Å²) in [7, 11) is 0. The third kappa shape index (κ3) is 5.09. The van der Waals surface area contributed by atoms with Gasteiger partial charge in [0.2, 0.25) is 5.95 Å². The minimum absolute atomic E-state index is 0.346. The van der Waals surface area contributed by atoms with E-state index in [4.69, 9.17) is 0 Å². The van der Waals surface area contributed by atoms with Crippen molar-refractivity contribution in [2.45, 2.75) is 57.7 Å². The Morgan fingerprint density at radius 3 is 2.42 bits per heavy atom. The number of halogens is 3. The zero-order chi connectivity index (χ0) is 18.6. The number of aromatic nitrogens is 2. The Kier molecular flexibility index (Phi) is 5.64. The molecule has 4 nitrogen and oxygen atoms in total. The van der Waals surface area contributed by atoms with Gasteiger partial charge in [-0.3, -0.25) is 0 Å². The molecular formula is C19H23F3N4. The highest BCUT2D eigenvalue weighted by molar-refractivity contribution is 5.58. The van der Waals surface area contributed by atoms with Gasteiger partial charge in [0.05, 0.1) is 5.56 Å². The molecule has 1 fully saturated rings. The summed E-state index contributed by atoms with van der Waals surface area (Å²) < 4.78 is 38.6. The number of hydrogen-bond acceptors (Lipinski definition) is 4. The van der Waals surface area contributed by atoms with Crippen LogP contribution < -0.4 is 10.6 Å². The molecule has 0 unspecified atom stereocenters. The number of nitrogens with zero attached hydrogens (tertiary/aromatic N) is 2. The highest BCUT2D eigenvalue weighted by atomic mass is 19.4. The molecule has 0 bridgehead atoms. The van der Waals surface area contributed by atoms with E-state index < -0.39 is 11.7 Å². The Bertz CT molecular complexity index is 738. The zero-order valence-electron chi connectivity index (χ0n) is 14.7. The van der Waals surface area contributed by atoms with E-state index in [2.05, 4.69) is 20.6 Å². The second-order valence-corrected chi connectivity index (χ2v) is 6.75. The van der Waals surface area contributed by atoms with Crippen LogP contribution in [0.2, 0.25) is 0 Å². The van der Waals surface area contributed by atoms with Crippen LogP contribution in [0.25, 0.3) is 0 Å². The van der Waals surface area contributed by atoms with Crippen LogP contribution in [-0.4, -0.2) is 16.0 Å². The molecule has 140 valence electrons. The normalized spacial score (nSPS) is 16.2. The fourth-order valence-corrected chi connectivity index (χ4v) is 3.22. The van der Waals surface area contributed by atoms with Crippen LogP contribution in [0.1, 0.15) is 49.8 Å². The zero-order valence-corrected chi connectivity index (χ0v) is 14.7. The fraction of sp³-hybridized carbons (Fsp3) is 0.474. The van der Waals surface area contributed by atoms with Crippen molar-refractivity contribution in [3.63, 3.8) is 0 Å². The summed E-state index contributed by atoms with van der Waals surface area (Å²) >= 11 is 0. The Morgan fingerprint density at radius 1 is 1.00 bits per heavy atom. The van der Waals surface area contributed by atoms with Crippen molar-refractivity contribution < 1.29 is 13.2 Å². The van der Waals surface area contributed by atoms with Gasteiger partial charge in [-0.2, -0.15) is 18.2 Å². The molecule has 26 heavy (non-hydrogen) atoms. The van der Waals surface area contributed by atoms with Crippen LogP contribution >= 0.6 is 0 Å². The molecule has 1 saturated carbocycles. The predicted octanol–water partition coefficient (Wildman–Crippen LogP) is 5.68. The summed E-state index contributed by atoms with van der Waals surface area (Å²) in [6, 6.07) is 7.17. The smallest absolute Gasteiger partial charge is 0.351 e. The average Bonchev–Trinajstić information content (AvgIpc) is 2.82. The van der Waals surface area contributed by atoms with Gasteiger partial charge in [0.1, 0.15) is 5.82 Å². The molecule has 0 saturated heterocycles. The summed E-state index contributed by atoms with van der Waals surface area (Å²) in [6.45, 7) is 1.84. The standard InChI is InChI=1S/C19H23F3N4/c1-13-11-17(24-16-10-6-7-14(12-16)19(20,21)22)26-18(23-13)25-15-8-4-2-3-5-9-15/h6-7,10-12,15H,2-5,8-9H2,1H3,(H2,23,24,25,26). The second-order valence-electron chi connectivity index (χ2n) is 6.75. The molecule has 1 aliphatic carbocycles. The van der Waals surface area contributed by atoms with Gasteiger partial charge in [0, 0.05) is 23.5 Å². The topological polar surface area (TPSA) is 49.8 Å². The van der Waals surface area contributed by atoms with Crippen molar-refractivity contribution in [2.24, 2.45) is 0 Å². The number of aryl methyl sites for hydroxylation is 1. The lowest BCUT2D eigenvalue weighted by Crippen LogP contribution is -2.20. The number of anilines is 3. The lowest BCUT2D eigenvalue weighted by molar-refractivity contribution is -0.137. The summed E-state index contributed by atoms with van der Waals surface area (Å²) in [4.78, 5) is 8.85. The molecule has 0 aliphatic heterocycles. The molecule has 0 atom stereocenters. The van der Waals surface area contributed by atoms with Crippen LogP contribution in [0, 0.1) is 6.92 Å². The number of nitrogens with one attached hydrogen (secondary N) is 2. The van der Waals surface area contributed by atoms with E-state index in [-0.39, 0.29) is 0 Å². The highest BCUT2D eigenvalue weighted by Crippen LogP contribution is 2.31. The molecule has 2 N–H and O–H groups in total. The first-order chi connectivity index (χ1) is 12.4. The first-order valence-corrected chi connectivity index (χ1v) is 8.97. The van der Waals surface area contributed by atoms with Crippen molar-refractivity contribution in [1.29, 1.82) is 0 Å². The third-order valence-corrected chi connectivity index (χ3v) is 4.50. The second kappa shape index (κ2) is 7.93. The summed E-state index contributed by atoms with van der Waals surface area (Å²) in [5, 5.41) is 6.34. The molecule has 7 heteroatoms. The van der Waals surface area contributed by atoms with Gasteiger partial charge in [-0.25, -0.2) is 4.98 Å². The third-order valence-electron chi connectivity index (χ3n) is 4.50. The van der Waals surface area contributed by atoms with Crippen molar-refractivity contribution in [3.8, 4) is 0 Å². The van der Waals surface area contributed by atoms with E-state index in [9.17, 15) is 13.2 Å². The number of rotatable bonds is 4. The molecule has 0 radical (unpaired) electrons. The van der Waals surface area contributed by atoms with Gasteiger partial charge < -0.3 is 10.6 Å². The van der Waals surface area contributed by atoms with E-state index >= 15 is 0 Å². The maximum atomic E-state index is 12.9. The molecule has 1 heterocycles. The lowest BCUT2D eigenvalue weighted by Gasteiger charge is -2.17. The Balaban J connectivity index is 1.75. The van der Waals surface area contributed by atoms with E-state index in [1.165, 1.54) is 31.7 Å². The van der Waals surface area contributed by atoms with Crippen molar-refractivity contribution in [1.82, 2.24) is 9.97 Å². The molecule has 3 rings (SSSR count). The van der Waals surface area contributed by atoms with Crippen LogP contribution in [0.5, 0.6) is 0 Å². The van der Waals surface area contributed by atoms with Gasteiger partial charge in [0.25, 0.3) is 0 Å². The minimum atomic E-state index is -4.37. The van der Waals surface area contributed by atoms with Crippen molar-refractivity contribution >= 4 is 17.5 Å². The predicted molar refractivity (Wildman–Crippen MR) is 96.6 cm³/mol. The van der Waals surface area contributed by atoms with Gasteiger partial charge in [-0.05, 0) is 38.0 Å². The Morgan fingerprint density at radius 2 is 1.73 bits per heavy atom. The molecule has 2 aromatic rings. The molecule has 0 amide bonds. The number of alkyl halides is 3. The maximum absolute atomic E-state index is 12.9. The van der Waals surface area contributed by atoms with E-state index in [1.807, 2.05) is 6.92 Å². The minimum Gasteiger partial charge on any atom is -0.351 e. The SMILES string of the molecule is Cc1cc(Nc2cccc(C(F)(F)F)c2)nc(NC2CCCCCC2)n1. The van der Waals surface area contributed by atoms with Crippen LogP contribution in [-0.2, 0) is 6.18 Å². The van der Waals surface area contributed by atoms with Crippen molar-refractivity contribution in [2.75, 3.05) is 10.6 Å². The van der Waals surface area contributed by atoms with E-state index in [1.54, 1.807) is 12.1 Å². The van der Waals surface area contributed by atoms with Gasteiger partial charge in [0.15, 0.2) is 0 Å². The summed E-state index contributed by atoms with van der Waals surface area (Å²) in [5.74, 6) is 0.999. The maximum Gasteiger partial charge on any atom is 0.416 e. The van der Waals surface area contributed by atoms with Crippen LogP contribution in [0.4, 0.5) is 30.6 Å². The fourth-order valence-electron chi connectivity index (χ4n) is 3.22. The van der Waals surface area contributed by atoms with Gasteiger partial charge >= 0.3 is 6.18 Å². The summed E-state index contributed by atoms with van der Waals surface area (Å²) in [5.41, 5.74) is 0.411. The van der Waals surface area contributed by atoms with Gasteiger partial charge in [-0.1, -0.05) is 31.7 Å². The van der Waals surface area contributed by atoms with Crippen LogP contribution in [0.3, 0.4) is 0 Å². The molecular weight excluding hydrogens is 341 g/mol. The summed E-state index contributed by atoms with van der Waals surface area (Å²) in [6.07, 6.45) is 2.72. The van der Waals surface area contributed by atoms with Crippen molar-refractivity contribution in [3.05, 3.63) is 41.6 Å². The average molecular weight is 364 g/mol. The first kappa shape index (κ1) is 18.5. The quantitative estimate of drug-likeness (QED) is 0.685. The first-order valence-electron chi connectivity index (χ1n) is 8.97. The highest BCUT2D eigenvalue weighted by Gasteiger charge is 2.30. The van der Waals surface area contributed by atoms with Crippen LogP contribution in [0.15, 0.2) is 30.3 Å². The Hall–Kier alpha value is -2.31. The molecule has 0 spiro atoms. The number of benzene rings is 1. The Labute approximate surface area is 151 Å². The van der Waals surface area contributed by atoms with Gasteiger partial charge in [-0.15, -0.1) is 0 Å². The van der Waals surface area contributed by atoms with E-state index in [0.717, 1.165) is 30.7 Å². The molecule has 1 aliphatic rings. The number of hydrogen-bond donors (Lipinski definition) is 2. The van der Waals surface area contributed by atoms with E-state index in [0.29, 0.717) is 23.5 Å². The lowest BCUT2D eigenvalue weighted by atomic mass is 10.1.